The van der Waals surface area contributed by atoms with Crippen LogP contribution in [0.25, 0.3) is 28.1 Å². The maximum absolute atomic E-state index is 11.9. The molecule has 0 radical (unpaired) electrons. The van der Waals surface area contributed by atoms with Gasteiger partial charge in [-0.25, -0.2) is 14.9 Å². The number of carbonyl (C=O) groups excluding carboxylic acids is 1. The number of fused-ring (bicyclic) bond motifs is 1. The highest BCUT2D eigenvalue weighted by molar-refractivity contribution is 5.91. The predicted octanol–water partition coefficient (Wildman–Crippen LogP) is 5.14. The summed E-state index contributed by atoms with van der Waals surface area (Å²) in [5.41, 5.74) is 4.76. The van der Waals surface area contributed by atoms with E-state index < -0.39 is 11.7 Å². The lowest BCUT2D eigenvalue weighted by molar-refractivity contribution is 0.0529. The fourth-order valence-corrected chi connectivity index (χ4v) is 2.94. The van der Waals surface area contributed by atoms with Crippen molar-refractivity contribution < 1.29 is 13.9 Å². The summed E-state index contributed by atoms with van der Waals surface area (Å²) < 4.78 is 12.9. The van der Waals surface area contributed by atoms with Crippen LogP contribution < -0.4 is 5.43 Å². The molecule has 0 aliphatic rings. The molecule has 0 bridgehead atoms. The van der Waals surface area contributed by atoms with E-state index in [1.165, 1.54) is 6.21 Å². The van der Waals surface area contributed by atoms with E-state index in [1.807, 2.05) is 66.9 Å². The number of amides is 1. The fourth-order valence-electron chi connectivity index (χ4n) is 2.94. The summed E-state index contributed by atoms with van der Waals surface area (Å²) in [6.45, 7) is 5.37. The summed E-state index contributed by atoms with van der Waals surface area (Å²) in [5, 5.41) is 9.70. The van der Waals surface area contributed by atoms with Crippen LogP contribution in [-0.2, 0) is 4.74 Å². The molecule has 0 aliphatic carbocycles. The third-order valence-corrected chi connectivity index (χ3v) is 4.18. The van der Waals surface area contributed by atoms with Crippen molar-refractivity contribution in [3.05, 3.63) is 72.4 Å². The molecule has 1 amide bonds. The van der Waals surface area contributed by atoms with Crippen molar-refractivity contribution in [2.45, 2.75) is 26.4 Å². The van der Waals surface area contributed by atoms with Crippen molar-refractivity contribution in [1.29, 1.82) is 0 Å². The number of para-hydroxylation sites is 2. The summed E-state index contributed by atoms with van der Waals surface area (Å²) in [6.07, 6.45) is 2.73. The molecule has 7 nitrogen and oxygen atoms in total. The number of aromatic nitrogens is 2. The minimum absolute atomic E-state index is 0.600. The van der Waals surface area contributed by atoms with Crippen LogP contribution in [0, 0.1) is 0 Å². The number of furan rings is 1. The van der Waals surface area contributed by atoms with Crippen LogP contribution in [0.2, 0.25) is 0 Å². The lowest BCUT2D eigenvalue weighted by Crippen LogP contribution is -2.29. The lowest BCUT2D eigenvalue weighted by Gasteiger charge is -2.18. The summed E-state index contributed by atoms with van der Waals surface area (Å²) in [5.74, 6) is 0.615. The van der Waals surface area contributed by atoms with Crippen LogP contribution in [0.15, 0.2) is 76.4 Å². The summed E-state index contributed by atoms with van der Waals surface area (Å²) in [4.78, 5) is 11.9. The SMILES string of the molecule is CC(C)(C)OC(=O)N/N=C\c1cn(-c2ccccc2)nc1-c1cc2ccccc2o1. The number of carbonyl (C=O) groups is 1. The third-order valence-electron chi connectivity index (χ3n) is 4.18. The van der Waals surface area contributed by atoms with E-state index in [-0.39, 0.29) is 0 Å². The molecular formula is C23H22N4O3. The van der Waals surface area contributed by atoms with Crippen molar-refractivity contribution in [3.8, 4) is 17.1 Å². The molecule has 7 heteroatoms. The third kappa shape index (κ3) is 4.41. The second kappa shape index (κ2) is 7.87. The first-order valence-corrected chi connectivity index (χ1v) is 9.55. The van der Waals surface area contributed by atoms with Crippen LogP contribution in [-0.4, -0.2) is 27.7 Å². The number of nitrogens with one attached hydrogen (secondary N) is 1. The number of benzene rings is 2. The highest BCUT2D eigenvalue weighted by atomic mass is 16.6. The standard InChI is InChI=1S/C23H22N4O3/c1-23(2,3)30-22(28)25-24-14-17-15-27(18-10-5-4-6-11-18)26-21(17)20-13-16-9-7-8-12-19(16)29-20/h4-15H,1-3H3,(H,25,28)/b24-14-. The van der Waals surface area contributed by atoms with Crippen LogP contribution in [0.3, 0.4) is 0 Å². The van der Waals surface area contributed by atoms with Crippen molar-refractivity contribution in [2.75, 3.05) is 0 Å². The molecule has 0 saturated heterocycles. The smallest absolute Gasteiger partial charge is 0.428 e. The molecule has 2 heterocycles. The molecular weight excluding hydrogens is 380 g/mol. The van der Waals surface area contributed by atoms with Crippen LogP contribution in [0.4, 0.5) is 4.79 Å². The minimum atomic E-state index is -0.625. The maximum Gasteiger partial charge on any atom is 0.428 e. The van der Waals surface area contributed by atoms with Gasteiger partial charge in [0, 0.05) is 17.1 Å². The average molecular weight is 402 g/mol. The van der Waals surface area contributed by atoms with E-state index in [0.717, 1.165) is 16.7 Å². The molecule has 1 N–H and O–H groups in total. The molecule has 4 rings (SSSR count). The van der Waals surface area contributed by atoms with E-state index in [9.17, 15) is 4.79 Å². The Hall–Kier alpha value is -3.87. The Balaban J connectivity index is 1.68. The van der Waals surface area contributed by atoms with Gasteiger partial charge in [-0.2, -0.15) is 10.2 Å². The Bertz CT molecular complexity index is 1170. The van der Waals surface area contributed by atoms with E-state index in [0.29, 0.717) is 17.0 Å². The lowest BCUT2D eigenvalue weighted by atomic mass is 10.2. The molecule has 2 aromatic carbocycles. The average Bonchev–Trinajstić information content (AvgIpc) is 3.31. The number of hydrogen-bond donors (Lipinski definition) is 1. The van der Waals surface area contributed by atoms with Crippen molar-refractivity contribution in [2.24, 2.45) is 5.10 Å². The first-order chi connectivity index (χ1) is 14.4. The fraction of sp³-hybridized carbons (Fsp3) is 0.174. The second-order valence-electron chi connectivity index (χ2n) is 7.73. The van der Waals surface area contributed by atoms with Gasteiger partial charge in [-0.15, -0.1) is 0 Å². The van der Waals surface area contributed by atoms with E-state index in [1.54, 1.807) is 25.5 Å². The van der Waals surface area contributed by atoms with Crippen molar-refractivity contribution in [1.82, 2.24) is 15.2 Å². The van der Waals surface area contributed by atoms with Gasteiger partial charge in [0.15, 0.2) is 5.76 Å². The first kappa shape index (κ1) is 19.4. The summed E-state index contributed by atoms with van der Waals surface area (Å²) in [7, 11) is 0. The largest absolute Gasteiger partial charge is 0.454 e. The number of ether oxygens (including phenoxy) is 1. The minimum Gasteiger partial charge on any atom is -0.454 e. The Morgan fingerprint density at radius 2 is 1.87 bits per heavy atom. The zero-order valence-corrected chi connectivity index (χ0v) is 17.0. The molecule has 4 aromatic rings. The predicted molar refractivity (Wildman–Crippen MR) is 116 cm³/mol. The highest BCUT2D eigenvalue weighted by Crippen LogP contribution is 2.29. The molecule has 0 atom stereocenters. The van der Waals surface area contributed by atoms with Gasteiger partial charge in [0.1, 0.15) is 16.9 Å². The molecule has 152 valence electrons. The Labute approximate surface area is 174 Å². The quantitative estimate of drug-likeness (QED) is 0.378. The first-order valence-electron chi connectivity index (χ1n) is 9.55. The normalized spacial score (nSPS) is 11.8. The number of hydrazone groups is 1. The Kier molecular flexibility index (Phi) is 5.10. The van der Waals surface area contributed by atoms with Gasteiger partial charge in [0.25, 0.3) is 0 Å². The highest BCUT2D eigenvalue weighted by Gasteiger charge is 2.17. The zero-order valence-electron chi connectivity index (χ0n) is 17.0. The maximum atomic E-state index is 11.9. The monoisotopic (exact) mass is 402 g/mol. The van der Waals surface area contributed by atoms with Gasteiger partial charge in [-0.05, 0) is 45.0 Å². The van der Waals surface area contributed by atoms with Crippen molar-refractivity contribution >= 4 is 23.3 Å². The second-order valence-corrected chi connectivity index (χ2v) is 7.73. The van der Waals surface area contributed by atoms with Gasteiger partial charge in [-0.3, -0.25) is 0 Å². The summed E-state index contributed by atoms with van der Waals surface area (Å²) in [6, 6.07) is 19.4. The van der Waals surface area contributed by atoms with Crippen LogP contribution in [0.1, 0.15) is 26.3 Å². The summed E-state index contributed by atoms with van der Waals surface area (Å²) >= 11 is 0. The Morgan fingerprint density at radius 3 is 2.60 bits per heavy atom. The molecule has 0 saturated carbocycles. The van der Waals surface area contributed by atoms with Crippen molar-refractivity contribution in [3.63, 3.8) is 0 Å². The van der Waals surface area contributed by atoms with E-state index in [2.05, 4.69) is 10.5 Å². The Morgan fingerprint density at radius 1 is 1.13 bits per heavy atom. The number of hydrogen-bond acceptors (Lipinski definition) is 5. The van der Waals surface area contributed by atoms with Gasteiger partial charge < -0.3 is 9.15 Å². The molecule has 30 heavy (non-hydrogen) atoms. The van der Waals surface area contributed by atoms with E-state index in [4.69, 9.17) is 14.3 Å². The van der Waals surface area contributed by atoms with E-state index >= 15 is 0 Å². The molecule has 0 fully saturated rings. The van der Waals surface area contributed by atoms with Gasteiger partial charge in [-0.1, -0.05) is 36.4 Å². The van der Waals surface area contributed by atoms with Gasteiger partial charge >= 0.3 is 6.09 Å². The van der Waals surface area contributed by atoms with Gasteiger partial charge in [0.2, 0.25) is 0 Å². The van der Waals surface area contributed by atoms with Crippen LogP contribution in [0.5, 0.6) is 0 Å². The molecule has 0 aliphatic heterocycles. The number of rotatable bonds is 4. The zero-order chi connectivity index (χ0) is 21.1. The number of nitrogens with zero attached hydrogens (tertiary/aromatic N) is 3. The molecule has 2 aromatic heterocycles. The van der Waals surface area contributed by atoms with Crippen LogP contribution >= 0.6 is 0 Å². The topological polar surface area (TPSA) is 81.6 Å². The molecule has 0 unspecified atom stereocenters. The molecule has 0 spiro atoms. The van der Waals surface area contributed by atoms with Gasteiger partial charge in [0.05, 0.1) is 11.9 Å².